The smallest absolute Gasteiger partial charge is 0.206 e. The number of carbonyl (C=O) groups is 1. The van der Waals surface area contributed by atoms with Crippen molar-refractivity contribution in [2.75, 3.05) is 0 Å². The van der Waals surface area contributed by atoms with Crippen LogP contribution in [0.5, 0.6) is 5.75 Å². The van der Waals surface area contributed by atoms with Gasteiger partial charge in [-0.25, -0.2) is 5.21 Å². The molecule has 3 N–H and O–H groups in total. The van der Waals surface area contributed by atoms with Crippen molar-refractivity contribution in [3.8, 4) is 11.8 Å². The molecule has 26 heavy (non-hydrogen) atoms. The number of rotatable bonds is 1. The molecule has 0 bridgehead atoms. The lowest BCUT2D eigenvalue weighted by Crippen LogP contribution is -2.99. The van der Waals surface area contributed by atoms with Crippen LogP contribution in [0, 0.1) is 16.5 Å². The monoisotopic (exact) mass is 348 g/mol. The highest BCUT2D eigenvalue weighted by Crippen LogP contribution is 2.51. The number of fused-ring (bicyclic) bond motifs is 3. The van der Waals surface area contributed by atoms with Gasteiger partial charge in [0.05, 0.1) is 11.6 Å². The number of hydrogen-bond acceptors (Lipinski definition) is 5. The van der Waals surface area contributed by atoms with E-state index in [0.29, 0.717) is 28.7 Å². The van der Waals surface area contributed by atoms with E-state index in [1.54, 1.807) is 18.2 Å². The Balaban J connectivity index is 1.96. The van der Waals surface area contributed by atoms with Crippen molar-refractivity contribution < 1.29 is 20.3 Å². The van der Waals surface area contributed by atoms with Crippen LogP contribution < -0.4 is 5.23 Å². The second-order valence-electron chi connectivity index (χ2n) is 7.19. The van der Waals surface area contributed by atoms with Gasteiger partial charge in [-0.1, -0.05) is 19.9 Å². The zero-order valence-electron chi connectivity index (χ0n) is 14.3. The van der Waals surface area contributed by atoms with E-state index in [1.165, 1.54) is 12.1 Å². The van der Waals surface area contributed by atoms with Gasteiger partial charge in [-0.15, -0.1) is 0 Å². The number of quaternary nitrogens is 1. The zero-order valence-corrected chi connectivity index (χ0v) is 14.3. The number of Topliss-reactive ketones (excluding diaryl/α,β-unsaturated/α-hetero) is 1. The fraction of sp³-hybridized carbons (Fsp3) is 0.200. The lowest BCUT2D eigenvalue weighted by Gasteiger charge is -2.34. The topological polar surface area (TPSA) is 109 Å². The van der Waals surface area contributed by atoms with Crippen molar-refractivity contribution in [2.24, 2.45) is 0 Å². The van der Waals surface area contributed by atoms with Crippen LogP contribution in [0.2, 0.25) is 0 Å². The predicted octanol–water partition coefficient (Wildman–Crippen LogP) is 2.15. The fourth-order valence-corrected chi connectivity index (χ4v) is 4.05. The first kappa shape index (κ1) is 16.5. The van der Waals surface area contributed by atoms with Gasteiger partial charge in [0, 0.05) is 22.6 Å². The van der Waals surface area contributed by atoms with Gasteiger partial charge in [0.2, 0.25) is 5.69 Å². The Hall–Kier alpha value is -2.98. The van der Waals surface area contributed by atoms with E-state index < -0.39 is 10.6 Å². The van der Waals surface area contributed by atoms with E-state index in [1.807, 2.05) is 13.8 Å². The summed E-state index contributed by atoms with van der Waals surface area (Å²) in [5, 5.41) is 38.6. The van der Waals surface area contributed by atoms with Crippen molar-refractivity contribution in [3.05, 3.63) is 68.9 Å². The number of hydrogen-bond donors (Lipinski definition) is 3. The number of aromatic hydroxyl groups is 1. The Morgan fingerprint density at radius 3 is 2.62 bits per heavy atom. The van der Waals surface area contributed by atoms with Gasteiger partial charge >= 0.3 is 0 Å². The van der Waals surface area contributed by atoms with E-state index in [0.717, 1.165) is 16.7 Å². The van der Waals surface area contributed by atoms with Crippen molar-refractivity contribution in [1.29, 1.82) is 5.26 Å². The highest BCUT2D eigenvalue weighted by Gasteiger charge is 2.43. The van der Waals surface area contributed by atoms with Crippen molar-refractivity contribution in [1.82, 2.24) is 0 Å². The van der Waals surface area contributed by atoms with Gasteiger partial charge in [-0.05, 0) is 46.9 Å². The Morgan fingerprint density at radius 1 is 1.23 bits per heavy atom. The van der Waals surface area contributed by atoms with E-state index >= 15 is 0 Å². The molecule has 0 fully saturated rings. The molecule has 0 aromatic heterocycles. The Bertz CT molecular complexity index is 1060. The van der Waals surface area contributed by atoms with E-state index in [9.17, 15) is 20.3 Å². The first-order valence-electron chi connectivity index (χ1n) is 8.18. The van der Waals surface area contributed by atoms with Gasteiger partial charge < -0.3 is 10.3 Å². The van der Waals surface area contributed by atoms with Crippen LogP contribution >= 0.6 is 0 Å². The van der Waals surface area contributed by atoms with Crippen LogP contribution in [0.15, 0.2) is 35.9 Å². The lowest BCUT2D eigenvalue weighted by atomic mass is 9.68. The third kappa shape index (κ3) is 2.06. The average molecular weight is 348 g/mol. The van der Waals surface area contributed by atoms with Gasteiger partial charge in [0.1, 0.15) is 0 Å². The molecule has 2 aromatic rings. The van der Waals surface area contributed by atoms with Crippen LogP contribution in [0.1, 0.15) is 46.5 Å². The number of phenolic OH excluding ortho intramolecular Hbond substituents is 1. The van der Waals surface area contributed by atoms with Crippen molar-refractivity contribution in [3.63, 3.8) is 0 Å². The molecule has 0 saturated carbocycles. The quantitative estimate of drug-likeness (QED) is 0.540. The standard InChI is InChI=1S/C20H16N2O4/c1-20(2)14-8-17(23)16(22(25)26)7-13(14)19(24)18-12-4-3-10(9-21)5-11(12)6-15(18)20/h3-5,7-8,22-23,25H,6H2,1-2H3. The minimum Gasteiger partial charge on any atom is -0.595 e. The highest BCUT2D eigenvalue weighted by atomic mass is 16.8. The third-order valence-corrected chi connectivity index (χ3v) is 5.44. The molecule has 0 amide bonds. The number of allylic oxidation sites excluding steroid dienone is 2. The normalized spacial score (nSPS) is 18.0. The first-order valence-corrected chi connectivity index (χ1v) is 8.18. The molecule has 130 valence electrons. The molecule has 2 aromatic carbocycles. The Kier molecular flexibility index (Phi) is 3.33. The highest BCUT2D eigenvalue weighted by molar-refractivity contribution is 6.33. The van der Waals surface area contributed by atoms with Crippen molar-refractivity contribution in [2.45, 2.75) is 25.7 Å². The molecular formula is C20H16N2O4. The molecule has 0 heterocycles. The van der Waals surface area contributed by atoms with Gasteiger partial charge in [-0.3, -0.25) is 4.79 Å². The number of benzene rings is 2. The summed E-state index contributed by atoms with van der Waals surface area (Å²) in [7, 11) is 0. The molecular weight excluding hydrogens is 332 g/mol. The maximum absolute atomic E-state index is 13.2. The summed E-state index contributed by atoms with van der Waals surface area (Å²) < 4.78 is 0. The molecule has 4 rings (SSSR count). The summed E-state index contributed by atoms with van der Waals surface area (Å²) >= 11 is 0. The van der Waals surface area contributed by atoms with Crippen LogP contribution in [-0.4, -0.2) is 16.1 Å². The summed E-state index contributed by atoms with van der Waals surface area (Å²) in [5.74, 6) is -0.580. The number of phenols is 1. The molecule has 0 saturated heterocycles. The summed E-state index contributed by atoms with van der Waals surface area (Å²) in [5.41, 5.74) is 3.88. The molecule has 0 radical (unpaired) electrons. The summed E-state index contributed by atoms with van der Waals surface area (Å²) in [6.45, 7) is 3.93. The fourth-order valence-electron chi connectivity index (χ4n) is 4.05. The van der Waals surface area contributed by atoms with Crippen LogP contribution in [0.3, 0.4) is 0 Å². The number of nitrogens with zero attached hydrogens (tertiary/aromatic N) is 1. The SMILES string of the molecule is CC1(C)C2=C(C(=O)c3cc([NH+]([O-])O)c(O)cc31)c1ccc(C#N)cc1C2. The second kappa shape index (κ2) is 5.26. The average Bonchev–Trinajstić information content (AvgIpc) is 2.99. The van der Waals surface area contributed by atoms with E-state index in [2.05, 4.69) is 6.07 Å². The van der Waals surface area contributed by atoms with Gasteiger partial charge in [-0.2, -0.15) is 10.5 Å². The summed E-state index contributed by atoms with van der Waals surface area (Å²) in [6.07, 6.45) is 0.555. The minimum atomic E-state index is -1.28. The molecule has 2 aliphatic carbocycles. The minimum absolute atomic E-state index is 0.236. The maximum atomic E-state index is 13.2. The predicted molar refractivity (Wildman–Crippen MR) is 93.0 cm³/mol. The number of ketones is 1. The molecule has 1 atom stereocenters. The molecule has 0 spiro atoms. The summed E-state index contributed by atoms with van der Waals surface area (Å²) in [6, 6.07) is 10.0. The molecule has 6 nitrogen and oxygen atoms in total. The van der Waals surface area contributed by atoms with Crippen LogP contribution in [0.4, 0.5) is 5.69 Å². The molecule has 2 aliphatic rings. The van der Waals surface area contributed by atoms with E-state index in [-0.39, 0.29) is 17.2 Å². The van der Waals surface area contributed by atoms with Crippen molar-refractivity contribution >= 4 is 17.0 Å². The maximum Gasteiger partial charge on any atom is 0.206 e. The number of nitriles is 1. The Morgan fingerprint density at radius 2 is 1.96 bits per heavy atom. The second-order valence-corrected chi connectivity index (χ2v) is 7.19. The number of carbonyl (C=O) groups excluding carboxylic acids is 1. The lowest BCUT2D eigenvalue weighted by molar-refractivity contribution is -0.991. The molecule has 0 aliphatic heterocycles. The number of nitrogens with one attached hydrogen (secondary N) is 1. The molecule has 6 heteroatoms. The van der Waals surface area contributed by atoms with E-state index in [4.69, 9.17) is 5.26 Å². The van der Waals surface area contributed by atoms with Crippen LogP contribution in [0.25, 0.3) is 5.57 Å². The summed E-state index contributed by atoms with van der Waals surface area (Å²) in [4.78, 5) is 13.2. The van der Waals surface area contributed by atoms with Gasteiger partial charge in [0.25, 0.3) is 0 Å². The third-order valence-electron chi connectivity index (χ3n) is 5.44. The Labute approximate surface area is 149 Å². The molecule has 1 unspecified atom stereocenters. The largest absolute Gasteiger partial charge is 0.595 e. The zero-order chi connectivity index (χ0) is 18.8. The first-order chi connectivity index (χ1) is 12.3. The van der Waals surface area contributed by atoms with Gasteiger partial charge in [0.15, 0.2) is 11.5 Å². The van der Waals surface area contributed by atoms with Crippen LogP contribution in [-0.2, 0) is 11.8 Å².